The van der Waals surface area contributed by atoms with E-state index in [0.717, 1.165) is 0 Å². The van der Waals surface area contributed by atoms with Crippen molar-refractivity contribution in [3.63, 3.8) is 0 Å². The Balaban J connectivity index is 2.72. The molecule has 3 N–H and O–H groups in total. The fraction of sp³-hybridized carbons (Fsp3) is 0.545. The van der Waals surface area contributed by atoms with Gasteiger partial charge in [0.2, 0.25) is 0 Å². The number of halogens is 2. The number of ether oxygens (including phenoxy) is 1. The van der Waals surface area contributed by atoms with Gasteiger partial charge in [0.05, 0.1) is 22.8 Å². The Hall–Kier alpha value is -0.750. The summed E-state index contributed by atoms with van der Waals surface area (Å²) in [6, 6.07) is 1.61. The third-order valence-corrected chi connectivity index (χ3v) is 2.71. The van der Waals surface area contributed by atoms with Gasteiger partial charge in [0.1, 0.15) is 11.6 Å². The normalized spacial score (nSPS) is 12.3. The molecule has 0 amide bonds. The standard InChI is InChI=1S/C11H17Cl2N3O2/c1-3-14-10-8(12)4-9(13)11(16-10)15-5-7(17)6-18-2/h4,7,17H,3,5-6H2,1-2H3,(H2,14,15,16). The molecule has 0 bridgehead atoms. The van der Waals surface area contributed by atoms with Crippen molar-refractivity contribution in [1.82, 2.24) is 4.98 Å². The highest BCUT2D eigenvalue weighted by Gasteiger charge is 2.10. The quantitative estimate of drug-likeness (QED) is 0.719. The smallest absolute Gasteiger partial charge is 0.147 e. The van der Waals surface area contributed by atoms with E-state index >= 15 is 0 Å². The van der Waals surface area contributed by atoms with Gasteiger partial charge in [-0.05, 0) is 13.0 Å². The van der Waals surface area contributed by atoms with Crippen LogP contribution in [0.3, 0.4) is 0 Å². The van der Waals surface area contributed by atoms with Crippen molar-refractivity contribution in [2.45, 2.75) is 13.0 Å². The molecule has 0 aliphatic rings. The lowest BCUT2D eigenvalue weighted by molar-refractivity contribution is 0.0727. The average molecular weight is 294 g/mol. The van der Waals surface area contributed by atoms with Crippen LogP contribution in [0.1, 0.15) is 6.92 Å². The monoisotopic (exact) mass is 293 g/mol. The van der Waals surface area contributed by atoms with Crippen molar-refractivity contribution in [3.05, 3.63) is 16.1 Å². The molecule has 1 heterocycles. The molecule has 0 aliphatic heterocycles. The van der Waals surface area contributed by atoms with Crippen LogP contribution < -0.4 is 10.6 Å². The maximum Gasteiger partial charge on any atom is 0.147 e. The summed E-state index contributed by atoms with van der Waals surface area (Å²) >= 11 is 12.0. The van der Waals surface area contributed by atoms with Gasteiger partial charge < -0.3 is 20.5 Å². The van der Waals surface area contributed by atoms with Crippen LogP contribution in [0.5, 0.6) is 0 Å². The highest BCUT2D eigenvalue weighted by atomic mass is 35.5. The Labute approximate surface area is 116 Å². The molecule has 0 spiro atoms. The van der Waals surface area contributed by atoms with Crippen LogP contribution in [0.2, 0.25) is 10.0 Å². The SMILES string of the molecule is CCNc1nc(NCC(O)COC)c(Cl)cc1Cl. The van der Waals surface area contributed by atoms with Gasteiger partial charge in [-0.25, -0.2) is 4.98 Å². The molecule has 7 heteroatoms. The summed E-state index contributed by atoms with van der Waals surface area (Å²) in [4.78, 5) is 4.26. The van der Waals surface area contributed by atoms with E-state index in [1.54, 1.807) is 6.07 Å². The van der Waals surface area contributed by atoms with Crippen molar-refractivity contribution >= 4 is 34.8 Å². The molecule has 102 valence electrons. The van der Waals surface area contributed by atoms with Crippen LogP contribution >= 0.6 is 23.2 Å². The van der Waals surface area contributed by atoms with Gasteiger partial charge in [-0.15, -0.1) is 0 Å². The average Bonchev–Trinajstić information content (AvgIpc) is 2.31. The first-order valence-electron chi connectivity index (χ1n) is 5.59. The molecule has 0 fully saturated rings. The molecule has 1 unspecified atom stereocenters. The zero-order valence-corrected chi connectivity index (χ0v) is 11.8. The summed E-state index contributed by atoms with van der Waals surface area (Å²) in [5.41, 5.74) is 0. The minimum atomic E-state index is -0.619. The highest BCUT2D eigenvalue weighted by Crippen LogP contribution is 2.28. The number of pyridine rings is 1. The number of hydrogen-bond acceptors (Lipinski definition) is 5. The second-order valence-corrected chi connectivity index (χ2v) is 4.48. The predicted molar refractivity (Wildman–Crippen MR) is 74.8 cm³/mol. The number of anilines is 2. The molecule has 1 aromatic rings. The molecular formula is C11H17Cl2N3O2. The van der Waals surface area contributed by atoms with Gasteiger partial charge >= 0.3 is 0 Å². The maximum atomic E-state index is 9.53. The van der Waals surface area contributed by atoms with Crippen LogP contribution in [0.25, 0.3) is 0 Å². The minimum Gasteiger partial charge on any atom is -0.389 e. The van der Waals surface area contributed by atoms with E-state index in [1.165, 1.54) is 7.11 Å². The number of hydrogen-bond donors (Lipinski definition) is 3. The lowest BCUT2D eigenvalue weighted by Gasteiger charge is -2.14. The van der Waals surface area contributed by atoms with E-state index < -0.39 is 6.10 Å². The molecule has 1 atom stereocenters. The van der Waals surface area contributed by atoms with Crippen LogP contribution in [-0.2, 0) is 4.74 Å². The van der Waals surface area contributed by atoms with E-state index in [1.807, 2.05) is 6.92 Å². The van der Waals surface area contributed by atoms with Crippen LogP contribution in [0, 0.1) is 0 Å². The highest BCUT2D eigenvalue weighted by molar-refractivity contribution is 6.37. The molecule has 5 nitrogen and oxygen atoms in total. The second-order valence-electron chi connectivity index (χ2n) is 3.67. The topological polar surface area (TPSA) is 66.4 Å². The van der Waals surface area contributed by atoms with Crippen LogP contribution in [0.4, 0.5) is 11.6 Å². The maximum absolute atomic E-state index is 9.53. The lowest BCUT2D eigenvalue weighted by Crippen LogP contribution is -2.24. The molecular weight excluding hydrogens is 277 g/mol. The van der Waals surface area contributed by atoms with Crippen molar-refractivity contribution < 1.29 is 9.84 Å². The van der Waals surface area contributed by atoms with E-state index in [2.05, 4.69) is 15.6 Å². The molecule has 0 radical (unpaired) electrons. The zero-order valence-electron chi connectivity index (χ0n) is 10.3. The predicted octanol–water partition coefficient (Wildman–Crippen LogP) is 2.24. The first-order valence-corrected chi connectivity index (χ1v) is 6.34. The molecule has 18 heavy (non-hydrogen) atoms. The van der Waals surface area contributed by atoms with Crippen molar-refractivity contribution in [2.24, 2.45) is 0 Å². The molecule has 1 rings (SSSR count). The Kier molecular flexibility index (Phi) is 6.49. The first kappa shape index (κ1) is 15.3. The van der Waals surface area contributed by atoms with Crippen LogP contribution in [-0.4, -0.2) is 43.0 Å². The second kappa shape index (κ2) is 7.63. The minimum absolute atomic E-state index is 0.248. The van der Waals surface area contributed by atoms with Gasteiger partial charge in [0.25, 0.3) is 0 Å². The Bertz CT molecular complexity index is 391. The van der Waals surface area contributed by atoms with Crippen molar-refractivity contribution in [1.29, 1.82) is 0 Å². The number of aliphatic hydroxyl groups excluding tert-OH is 1. The van der Waals surface area contributed by atoms with E-state index in [0.29, 0.717) is 34.8 Å². The largest absolute Gasteiger partial charge is 0.389 e. The fourth-order valence-corrected chi connectivity index (χ4v) is 1.84. The van der Waals surface area contributed by atoms with Crippen molar-refractivity contribution in [3.8, 4) is 0 Å². The molecule has 0 aliphatic carbocycles. The van der Waals surface area contributed by atoms with Gasteiger partial charge in [-0.1, -0.05) is 23.2 Å². The summed E-state index contributed by atoms with van der Waals surface area (Å²) in [6.07, 6.45) is -0.619. The zero-order chi connectivity index (χ0) is 13.5. The third kappa shape index (κ3) is 4.49. The summed E-state index contributed by atoms with van der Waals surface area (Å²) in [5.74, 6) is 1.04. The molecule has 1 aromatic heterocycles. The van der Waals surface area contributed by atoms with Crippen molar-refractivity contribution in [2.75, 3.05) is 37.4 Å². The summed E-state index contributed by atoms with van der Waals surface area (Å²) < 4.78 is 4.83. The summed E-state index contributed by atoms with van der Waals surface area (Å²) in [7, 11) is 1.53. The number of methoxy groups -OCH3 is 1. The first-order chi connectivity index (χ1) is 8.58. The summed E-state index contributed by atoms with van der Waals surface area (Å²) in [6.45, 7) is 3.20. The number of nitrogens with one attached hydrogen (secondary N) is 2. The molecule has 0 saturated heterocycles. The number of aromatic nitrogens is 1. The Morgan fingerprint density at radius 3 is 2.50 bits per heavy atom. The Morgan fingerprint density at radius 2 is 1.94 bits per heavy atom. The third-order valence-electron chi connectivity index (χ3n) is 2.14. The van der Waals surface area contributed by atoms with E-state index in [4.69, 9.17) is 27.9 Å². The van der Waals surface area contributed by atoms with E-state index in [-0.39, 0.29) is 6.61 Å². The van der Waals surface area contributed by atoms with Gasteiger partial charge in [0, 0.05) is 20.2 Å². The number of aliphatic hydroxyl groups is 1. The molecule has 0 saturated carbocycles. The van der Waals surface area contributed by atoms with Gasteiger partial charge in [-0.2, -0.15) is 0 Å². The Morgan fingerprint density at radius 1 is 1.33 bits per heavy atom. The summed E-state index contributed by atoms with van der Waals surface area (Å²) in [5, 5.41) is 16.4. The van der Waals surface area contributed by atoms with Gasteiger partial charge in [0.15, 0.2) is 0 Å². The fourth-order valence-electron chi connectivity index (χ4n) is 1.35. The van der Waals surface area contributed by atoms with Gasteiger partial charge in [-0.3, -0.25) is 0 Å². The van der Waals surface area contributed by atoms with E-state index in [9.17, 15) is 5.11 Å². The van der Waals surface area contributed by atoms with Crippen LogP contribution in [0.15, 0.2) is 6.07 Å². The number of nitrogens with zero attached hydrogens (tertiary/aromatic N) is 1. The lowest BCUT2D eigenvalue weighted by atomic mass is 10.3. The number of rotatable bonds is 7. The molecule has 0 aromatic carbocycles.